The molecule has 3 N–H and O–H groups in total. The van der Waals surface area contributed by atoms with Crippen LogP contribution in [0.4, 0.5) is 0 Å². The van der Waals surface area contributed by atoms with Crippen LogP contribution in [0, 0.1) is 5.92 Å². The number of carbonyl (C=O) groups is 1. The second-order valence-corrected chi connectivity index (χ2v) is 7.05. The molecule has 5 nitrogen and oxygen atoms in total. The number of rotatable bonds is 3. The van der Waals surface area contributed by atoms with E-state index in [0.717, 1.165) is 21.3 Å². The summed E-state index contributed by atoms with van der Waals surface area (Å²) < 4.78 is 6.35. The van der Waals surface area contributed by atoms with Gasteiger partial charge >= 0.3 is 0 Å². The minimum atomic E-state index is -0.245. The van der Waals surface area contributed by atoms with E-state index >= 15 is 0 Å². The van der Waals surface area contributed by atoms with Crippen molar-refractivity contribution in [3.63, 3.8) is 0 Å². The Kier molecular flexibility index (Phi) is 4.04. The lowest BCUT2D eigenvalue weighted by Gasteiger charge is -2.24. The lowest BCUT2D eigenvalue weighted by atomic mass is 9.83. The van der Waals surface area contributed by atoms with Gasteiger partial charge in [0.05, 0.1) is 19.2 Å². The second-order valence-electron chi connectivity index (χ2n) is 6.14. The van der Waals surface area contributed by atoms with Crippen LogP contribution in [-0.4, -0.2) is 19.1 Å². The summed E-state index contributed by atoms with van der Waals surface area (Å²) in [5.41, 5.74) is 8.65. The summed E-state index contributed by atoms with van der Waals surface area (Å²) in [7, 11) is 1.66. The predicted molar refractivity (Wildman–Crippen MR) is 94.3 cm³/mol. The fourth-order valence-electron chi connectivity index (χ4n) is 3.68. The van der Waals surface area contributed by atoms with Crippen molar-refractivity contribution < 1.29 is 9.53 Å². The van der Waals surface area contributed by atoms with Crippen LogP contribution >= 0.6 is 15.9 Å². The summed E-state index contributed by atoms with van der Waals surface area (Å²) in [5, 5.41) is 3.13. The minimum Gasteiger partial charge on any atom is -0.497 e. The number of fused-ring (bicyclic) bond motifs is 1. The van der Waals surface area contributed by atoms with Gasteiger partial charge in [0.25, 0.3) is 0 Å². The van der Waals surface area contributed by atoms with E-state index in [2.05, 4.69) is 50.3 Å². The van der Waals surface area contributed by atoms with E-state index in [-0.39, 0.29) is 30.0 Å². The number of ether oxygens (including phenoxy) is 1. The molecule has 1 amide bonds. The van der Waals surface area contributed by atoms with Crippen molar-refractivity contribution in [2.45, 2.75) is 18.1 Å². The van der Waals surface area contributed by atoms with Crippen molar-refractivity contribution in [3.05, 3.63) is 64.1 Å². The Balaban J connectivity index is 1.71. The molecular formula is C18H18BrN3O2. The summed E-state index contributed by atoms with van der Waals surface area (Å²) in [4.78, 5) is 12.4. The third kappa shape index (κ3) is 2.60. The van der Waals surface area contributed by atoms with Gasteiger partial charge in [-0.2, -0.15) is 0 Å². The van der Waals surface area contributed by atoms with Gasteiger partial charge in [-0.05, 0) is 35.4 Å². The van der Waals surface area contributed by atoms with Crippen LogP contribution in [0.15, 0.2) is 53.0 Å². The number of methoxy groups -OCH3 is 1. The molecule has 2 saturated heterocycles. The van der Waals surface area contributed by atoms with Crippen LogP contribution in [0.25, 0.3) is 0 Å². The van der Waals surface area contributed by atoms with Gasteiger partial charge in [0.1, 0.15) is 11.8 Å². The molecule has 124 valence electrons. The Morgan fingerprint density at radius 3 is 2.42 bits per heavy atom. The number of halogens is 1. The first kappa shape index (κ1) is 15.6. The van der Waals surface area contributed by atoms with Crippen molar-refractivity contribution in [1.82, 2.24) is 16.2 Å². The SMILES string of the molecule is COc1cccc(C2NNC3C(=O)NC(c4cccc(Br)c4)C32)c1. The Morgan fingerprint density at radius 2 is 1.67 bits per heavy atom. The van der Waals surface area contributed by atoms with Crippen LogP contribution in [0.1, 0.15) is 23.2 Å². The average Bonchev–Trinajstić information content (AvgIpc) is 3.16. The van der Waals surface area contributed by atoms with Gasteiger partial charge in [-0.3, -0.25) is 4.79 Å². The van der Waals surface area contributed by atoms with Crippen LogP contribution in [-0.2, 0) is 4.79 Å². The molecular weight excluding hydrogens is 370 g/mol. The van der Waals surface area contributed by atoms with E-state index < -0.39 is 0 Å². The van der Waals surface area contributed by atoms with Crippen molar-refractivity contribution >= 4 is 21.8 Å². The maximum Gasteiger partial charge on any atom is 0.239 e. The van der Waals surface area contributed by atoms with Gasteiger partial charge in [-0.25, -0.2) is 10.9 Å². The number of hydrogen-bond donors (Lipinski definition) is 3. The lowest BCUT2D eigenvalue weighted by Crippen LogP contribution is -2.39. The summed E-state index contributed by atoms with van der Waals surface area (Å²) >= 11 is 3.52. The van der Waals surface area contributed by atoms with Gasteiger partial charge in [-0.1, -0.05) is 40.2 Å². The number of nitrogens with one attached hydrogen (secondary N) is 3. The summed E-state index contributed by atoms with van der Waals surface area (Å²) in [6, 6.07) is 15.8. The highest BCUT2D eigenvalue weighted by Crippen LogP contribution is 2.42. The quantitative estimate of drug-likeness (QED) is 0.756. The third-order valence-electron chi connectivity index (χ3n) is 4.79. The topological polar surface area (TPSA) is 62.4 Å². The maximum absolute atomic E-state index is 12.4. The Labute approximate surface area is 148 Å². The van der Waals surface area contributed by atoms with Crippen molar-refractivity contribution in [3.8, 4) is 5.75 Å². The molecule has 0 aromatic heterocycles. The largest absolute Gasteiger partial charge is 0.497 e. The van der Waals surface area contributed by atoms with Gasteiger partial charge < -0.3 is 10.1 Å². The molecule has 0 radical (unpaired) electrons. The maximum atomic E-state index is 12.4. The molecule has 2 aromatic rings. The summed E-state index contributed by atoms with van der Waals surface area (Å²) in [6.07, 6.45) is 0. The molecule has 2 heterocycles. The zero-order valence-corrected chi connectivity index (χ0v) is 14.7. The van der Waals surface area contributed by atoms with Crippen molar-refractivity contribution in [2.24, 2.45) is 5.92 Å². The molecule has 2 aliphatic heterocycles. The molecule has 4 unspecified atom stereocenters. The minimum absolute atomic E-state index is 0.0213. The highest BCUT2D eigenvalue weighted by Gasteiger charge is 2.51. The molecule has 4 rings (SSSR count). The third-order valence-corrected chi connectivity index (χ3v) is 5.28. The predicted octanol–water partition coefficient (Wildman–Crippen LogP) is 2.46. The fraction of sp³-hybridized carbons (Fsp3) is 0.278. The van der Waals surface area contributed by atoms with Gasteiger partial charge in [-0.15, -0.1) is 0 Å². The molecule has 2 aromatic carbocycles. The Hall–Kier alpha value is -1.89. The van der Waals surface area contributed by atoms with E-state index in [9.17, 15) is 4.79 Å². The number of benzene rings is 2. The van der Waals surface area contributed by atoms with E-state index in [4.69, 9.17) is 4.74 Å². The molecule has 24 heavy (non-hydrogen) atoms. The van der Waals surface area contributed by atoms with E-state index in [1.54, 1.807) is 7.11 Å². The van der Waals surface area contributed by atoms with Crippen LogP contribution in [0.5, 0.6) is 5.75 Å². The van der Waals surface area contributed by atoms with E-state index in [1.165, 1.54) is 0 Å². The van der Waals surface area contributed by atoms with Crippen molar-refractivity contribution in [1.29, 1.82) is 0 Å². The van der Waals surface area contributed by atoms with Crippen LogP contribution in [0.2, 0.25) is 0 Å². The molecule has 4 atom stereocenters. The number of amides is 1. The normalized spacial score (nSPS) is 28.5. The number of carbonyl (C=O) groups excluding carboxylic acids is 1. The zero-order valence-electron chi connectivity index (χ0n) is 13.1. The fourth-order valence-corrected chi connectivity index (χ4v) is 4.09. The highest BCUT2D eigenvalue weighted by atomic mass is 79.9. The standard InChI is InChI=1S/C18H18BrN3O2/c1-24-13-7-3-5-11(9-13)16-14-15(10-4-2-6-12(19)8-10)20-18(23)17(14)22-21-16/h2-9,14-17,21-22H,1H3,(H,20,23). The Bertz CT molecular complexity index is 782. The molecule has 0 aliphatic carbocycles. The Morgan fingerprint density at radius 1 is 0.958 bits per heavy atom. The first-order valence-corrected chi connectivity index (χ1v) is 8.67. The smallest absolute Gasteiger partial charge is 0.239 e. The van der Waals surface area contributed by atoms with E-state index in [1.807, 2.05) is 30.3 Å². The summed E-state index contributed by atoms with van der Waals surface area (Å²) in [5.74, 6) is 0.927. The molecule has 0 spiro atoms. The molecule has 2 aliphatic rings. The number of hydrazine groups is 1. The first-order chi connectivity index (χ1) is 11.7. The molecule has 0 bridgehead atoms. The van der Waals surface area contributed by atoms with Gasteiger partial charge in [0.15, 0.2) is 0 Å². The zero-order chi connectivity index (χ0) is 16.7. The van der Waals surface area contributed by atoms with Crippen LogP contribution < -0.4 is 20.9 Å². The van der Waals surface area contributed by atoms with Gasteiger partial charge in [0.2, 0.25) is 5.91 Å². The molecule has 2 fully saturated rings. The summed E-state index contributed by atoms with van der Waals surface area (Å²) in [6.45, 7) is 0. The monoisotopic (exact) mass is 387 g/mol. The lowest BCUT2D eigenvalue weighted by molar-refractivity contribution is -0.121. The molecule has 6 heteroatoms. The van der Waals surface area contributed by atoms with Gasteiger partial charge in [0, 0.05) is 10.4 Å². The highest BCUT2D eigenvalue weighted by molar-refractivity contribution is 9.10. The first-order valence-electron chi connectivity index (χ1n) is 7.88. The van der Waals surface area contributed by atoms with Crippen LogP contribution in [0.3, 0.4) is 0 Å². The van der Waals surface area contributed by atoms with Crippen molar-refractivity contribution in [2.75, 3.05) is 7.11 Å². The molecule has 0 saturated carbocycles. The second kappa shape index (κ2) is 6.20. The number of hydrogen-bond acceptors (Lipinski definition) is 4. The van der Waals surface area contributed by atoms with E-state index in [0.29, 0.717) is 0 Å². The average molecular weight is 388 g/mol.